The fraction of sp³-hybridized carbons (Fsp3) is 0.308. The van der Waals surface area contributed by atoms with Crippen LogP contribution in [-0.4, -0.2) is 18.6 Å². The molecule has 0 amide bonds. The summed E-state index contributed by atoms with van der Waals surface area (Å²) in [6, 6.07) is 8.49. The van der Waals surface area contributed by atoms with Crippen molar-refractivity contribution in [3.05, 3.63) is 41.0 Å². The molecular formula is C13H16N2S. The molecule has 0 radical (unpaired) electrons. The summed E-state index contributed by atoms with van der Waals surface area (Å²) in [6.45, 7) is 3.12. The van der Waals surface area contributed by atoms with Crippen molar-refractivity contribution in [2.75, 3.05) is 13.6 Å². The van der Waals surface area contributed by atoms with Gasteiger partial charge in [-0.25, -0.2) is 4.98 Å². The van der Waals surface area contributed by atoms with E-state index in [9.17, 15) is 0 Å². The minimum Gasteiger partial charge on any atom is -0.319 e. The highest BCUT2D eigenvalue weighted by atomic mass is 32.1. The Kier molecular flexibility index (Phi) is 3.70. The molecule has 0 fully saturated rings. The Bertz CT molecular complexity index is 462. The number of nitrogens with zero attached hydrogens (tertiary/aromatic N) is 1. The Hall–Kier alpha value is -1.19. The van der Waals surface area contributed by atoms with Crippen molar-refractivity contribution in [1.82, 2.24) is 10.3 Å². The second-order valence-electron chi connectivity index (χ2n) is 3.80. The van der Waals surface area contributed by atoms with E-state index in [0.29, 0.717) is 0 Å². The van der Waals surface area contributed by atoms with Gasteiger partial charge < -0.3 is 5.32 Å². The van der Waals surface area contributed by atoms with Crippen LogP contribution < -0.4 is 5.32 Å². The molecule has 0 unspecified atom stereocenters. The van der Waals surface area contributed by atoms with Gasteiger partial charge in [-0.15, -0.1) is 11.3 Å². The topological polar surface area (TPSA) is 24.9 Å². The maximum Gasteiger partial charge on any atom is 0.0801 e. The molecule has 16 heavy (non-hydrogen) atoms. The average molecular weight is 232 g/mol. The first-order valence-corrected chi connectivity index (χ1v) is 6.34. The number of likely N-dealkylation sites (N-methyl/N-ethyl adjacent to an activating group) is 1. The van der Waals surface area contributed by atoms with Crippen molar-refractivity contribution in [3.8, 4) is 10.4 Å². The number of rotatable bonds is 4. The van der Waals surface area contributed by atoms with Gasteiger partial charge in [-0.3, -0.25) is 0 Å². The van der Waals surface area contributed by atoms with Crippen molar-refractivity contribution in [1.29, 1.82) is 0 Å². The normalized spacial score (nSPS) is 10.6. The monoisotopic (exact) mass is 232 g/mol. The summed E-state index contributed by atoms with van der Waals surface area (Å²) < 4.78 is 0. The maximum atomic E-state index is 4.45. The first kappa shape index (κ1) is 11.3. The predicted octanol–water partition coefficient (Wildman–Crippen LogP) is 2.88. The van der Waals surface area contributed by atoms with E-state index in [1.165, 1.54) is 21.7 Å². The Balaban J connectivity index is 2.33. The molecule has 2 nitrogen and oxygen atoms in total. The second kappa shape index (κ2) is 5.23. The van der Waals surface area contributed by atoms with E-state index in [2.05, 4.69) is 41.5 Å². The van der Waals surface area contributed by atoms with Gasteiger partial charge in [-0.05, 0) is 25.1 Å². The molecule has 2 aromatic rings. The standard InChI is InChI=1S/C13H16N2S/c1-10-5-3-4-6-11(10)13-12(7-8-14-2)15-9-16-13/h3-6,9,14H,7-8H2,1-2H3. The Labute approximate surface area is 100 Å². The van der Waals surface area contributed by atoms with Gasteiger partial charge in [0.2, 0.25) is 0 Å². The molecule has 1 aromatic heterocycles. The lowest BCUT2D eigenvalue weighted by Crippen LogP contribution is -2.10. The predicted molar refractivity (Wildman–Crippen MR) is 69.9 cm³/mol. The number of hydrogen-bond acceptors (Lipinski definition) is 3. The number of nitrogens with one attached hydrogen (secondary N) is 1. The van der Waals surface area contributed by atoms with E-state index in [1.807, 2.05) is 12.6 Å². The van der Waals surface area contributed by atoms with Crippen LogP contribution in [0.25, 0.3) is 10.4 Å². The lowest BCUT2D eigenvalue weighted by Gasteiger charge is -2.05. The summed E-state index contributed by atoms with van der Waals surface area (Å²) in [5, 5.41) is 3.16. The van der Waals surface area contributed by atoms with Gasteiger partial charge in [0.1, 0.15) is 0 Å². The number of aromatic nitrogens is 1. The fourth-order valence-corrected chi connectivity index (χ4v) is 2.67. The molecule has 0 saturated carbocycles. The smallest absolute Gasteiger partial charge is 0.0801 e. The van der Waals surface area contributed by atoms with Crippen molar-refractivity contribution in [2.24, 2.45) is 0 Å². The Morgan fingerprint density at radius 1 is 1.31 bits per heavy atom. The molecule has 3 heteroatoms. The van der Waals surface area contributed by atoms with Crippen LogP contribution in [0.3, 0.4) is 0 Å². The SMILES string of the molecule is CNCCc1ncsc1-c1ccccc1C. The first-order valence-electron chi connectivity index (χ1n) is 5.46. The van der Waals surface area contributed by atoms with E-state index in [-0.39, 0.29) is 0 Å². The van der Waals surface area contributed by atoms with Crippen LogP contribution in [0.5, 0.6) is 0 Å². The summed E-state index contributed by atoms with van der Waals surface area (Å²) in [5.74, 6) is 0. The fourth-order valence-electron chi connectivity index (χ4n) is 1.74. The molecular weight excluding hydrogens is 216 g/mol. The number of benzene rings is 1. The average Bonchev–Trinajstić information content (AvgIpc) is 2.75. The lowest BCUT2D eigenvalue weighted by atomic mass is 10.1. The molecule has 0 aliphatic heterocycles. The molecule has 0 bridgehead atoms. The number of aryl methyl sites for hydroxylation is 1. The largest absolute Gasteiger partial charge is 0.319 e. The van der Waals surface area contributed by atoms with Crippen LogP contribution in [0, 0.1) is 6.92 Å². The van der Waals surface area contributed by atoms with Crippen LogP contribution in [0.2, 0.25) is 0 Å². The number of thiazole rings is 1. The molecule has 0 aliphatic carbocycles. The molecule has 0 aliphatic rings. The molecule has 0 atom stereocenters. The second-order valence-corrected chi connectivity index (χ2v) is 4.65. The van der Waals surface area contributed by atoms with E-state index < -0.39 is 0 Å². The maximum absolute atomic E-state index is 4.45. The van der Waals surface area contributed by atoms with Crippen molar-refractivity contribution >= 4 is 11.3 Å². The third kappa shape index (κ3) is 2.31. The van der Waals surface area contributed by atoms with Crippen molar-refractivity contribution < 1.29 is 0 Å². The highest BCUT2D eigenvalue weighted by molar-refractivity contribution is 7.13. The van der Waals surface area contributed by atoms with Gasteiger partial charge in [0, 0.05) is 13.0 Å². The summed E-state index contributed by atoms with van der Waals surface area (Å²) >= 11 is 1.73. The van der Waals surface area contributed by atoms with Crippen LogP contribution in [0.15, 0.2) is 29.8 Å². The molecule has 1 heterocycles. The summed E-state index contributed by atoms with van der Waals surface area (Å²) in [7, 11) is 1.97. The van der Waals surface area contributed by atoms with Crippen LogP contribution in [0.4, 0.5) is 0 Å². The molecule has 1 aromatic carbocycles. The Morgan fingerprint density at radius 3 is 2.88 bits per heavy atom. The lowest BCUT2D eigenvalue weighted by molar-refractivity contribution is 0.781. The highest BCUT2D eigenvalue weighted by Gasteiger charge is 2.09. The van der Waals surface area contributed by atoms with E-state index in [1.54, 1.807) is 11.3 Å². The zero-order chi connectivity index (χ0) is 11.4. The summed E-state index contributed by atoms with van der Waals surface area (Å²) in [6.07, 6.45) is 0.990. The summed E-state index contributed by atoms with van der Waals surface area (Å²) in [4.78, 5) is 5.76. The van der Waals surface area contributed by atoms with Crippen LogP contribution in [-0.2, 0) is 6.42 Å². The summed E-state index contributed by atoms with van der Waals surface area (Å²) in [5.41, 5.74) is 5.77. The Morgan fingerprint density at radius 2 is 2.12 bits per heavy atom. The third-order valence-corrected chi connectivity index (χ3v) is 3.54. The molecule has 2 rings (SSSR count). The minimum absolute atomic E-state index is 0.975. The number of hydrogen-bond donors (Lipinski definition) is 1. The molecule has 84 valence electrons. The van der Waals surface area contributed by atoms with E-state index in [4.69, 9.17) is 0 Å². The van der Waals surface area contributed by atoms with Gasteiger partial charge in [-0.2, -0.15) is 0 Å². The van der Waals surface area contributed by atoms with Gasteiger partial charge in [0.05, 0.1) is 16.1 Å². The zero-order valence-electron chi connectivity index (χ0n) is 9.66. The van der Waals surface area contributed by atoms with E-state index in [0.717, 1.165) is 13.0 Å². The van der Waals surface area contributed by atoms with Gasteiger partial charge in [-0.1, -0.05) is 24.3 Å². The van der Waals surface area contributed by atoms with Crippen LogP contribution >= 0.6 is 11.3 Å². The molecule has 0 spiro atoms. The van der Waals surface area contributed by atoms with Crippen LogP contribution in [0.1, 0.15) is 11.3 Å². The molecule has 1 N–H and O–H groups in total. The van der Waals surface area contributed by atoms with Gasteiger partial charge in [0.15, 0.2) is 0 Å². The van der Waals surface area contributed by atoms with Crippen molar-refractivity contribution in [2.45, 2.75) is 13.3 Å². The quantitative estimate of drug-likeness (QED) is 0.876. The van der Waals surface area contributed by atoms with E-state index >= 15 is 0 Å². The highest BCUT2D eigenvalue weighted by Crippen LogP contribution is 2.30. The third-order valence-electron chi connectivity index (χ3n) is 2.64. The van der Waals surface area contributed by atoms with Crippen molar-refractivity contribution in [3.63, 3.8) is 0 Å². The minimum atomic E-state index is 0.975. The first-order chi connectivity index (χ1) is 7.83. The zero-order valence-corrected chi connectivity index (χ0v) is 10.5. The molecule has 0 saturated heterocycles. The van der Waals surface area contributed by atoms with Gasteiger partial charge in [0.25, 0.3) is 0 Å². The van der Waals surface area contributed by atoms with Gasteiger partial charge >= 0.3 is 0 Å².